The predicted molar refractivity (Wildman–Crippen MR) is 116 cm³/mol. The quantitative estimate of drug-likeness (QED) is 0.601. The number of hydrogen-bond acceptors (Lipinski definition) is 6. The third-order valence-electron chi connectivity index (χ3n) is 4.46. The number of benzene rings is 2. The minimum atomic E-state index is -4.06. The minimum absolute atomic E-state index is 0.0841. The number of aryl methyl sites for hydroxylation is 1. The van der Waals surface area contributed by atoms with Crippen LogP contribution in [0.15, 0.2) is 65.7 Å². The van der Waals surface area contributed by atoms with Gasteiger partial charge >= 0.3 is 0 Å². The Labute approximate surface area is 180 Å². The highest BCUT2D eigenvalue weighted by molar-refractivity contribution is 7.90. The standard InChI is InChI=1S/C21H21ClN4O3S/c1-15-19(20(27)25-30(28,29)18-10-6-9-17(22)13-18)14-23-21(24-15)26(2)12-11-16-7-4-3-5-8-16/h3-10,13-14H,11-12H2,1-2H3,(H,25,27). The van der Waals surface area contributed by atoms with Crippen molar-refractivity contribution in [1.82, 2.24) is 14.7 Å². The smallest absolute Gasteiger partial charge is 0.268 e. The van der Waals surface area contributed by atoms with Gasteiger partial charge in [0.05, 0.1) is 16.2 Å². The maximum atomic E-state index is 12.5. The van der Waals surface area contributed by atoms with Crippen LogP contribution < -0.4 is 9.62 Å². The second kappa shape index (κ2) is 9.23. The van der Waals surface area contributed by atoms with E-state index in [2.05, 4.69) is 9.97 Å². The normalized spacial score (nSPS) is 11.2. The van der Waals surface area contributed by atoms with Crippen molar-refractivity contribution in [3.63, 3.8) is 0 Å². The molecule has 1 amide bonds. The largest absolute Gasteiger partial charge is 0.344 e. The Balaban J connectivity index is 1.70. The molecule has 3 rings (SSSR count). The summed E-state index contributed by atoms with van der Waals surface area (Å²) in [5.74, 6) is -0.344. The summed E-state index contributed by atoms with van der Waals surface area (Å²) in [6.45, 7) is 2.33. The molecule has 3 aromatic rings. The molecule has 1 N–H and O–H groups in total. The molecule has 0 aliphatic rings. The first-order chi connectivity index (χ1) is 14.3. The van der Waals surface area contributed by atoms with Crippen molar-refractivity contribution in [2.75, 3.05) is 18.5 Å². The van der Waals surface area contributed by atoms with Crippen LogP contribution >= 0.6 is 11.6 Å². The molecule has 1 aromatic heterocycles. The van der Waals surface area contributed by atoms with Gasteiger partial charge in [0, 0.05) is 24.8 Å². The topological polar surface area (TPSA) is 92.3 Å². The van der Waals surface area contributed by atoms with Crippen LogP contribution in [-0.4, -0.2) is 37.9 Å². The highest BCUT2D eigenvalue weighted by atomic mass is 35.5. The van der Waals surface area contributed by atoms with E-state index in [1.165, 1.54) is 30.0 Å². The summed E-state index contributed by atoms with van der Waals surface area (Å²) in [5, 5.41) is 0.257. The molecule has 1 heterocycles. The summed E-state index contributed by atoms with van der Waals surface area (Å²) in [6, 6.07) is 15.7. The average Bonchev–Trinajstić information content (AvgIpc) is 2.72. The fourth-order valence-electron chi connectivity index (χ4n) is 2.77. The first-order valence-corrected chi connectivity index (χ1v) is 11.0. The highest BCUT2D eigenvalue weighted by Gasteiger charge is 2.21. The lowest BCUT2D eigenvalue weighted by atomic mass is 10.1. The van der Waals surface area contributed by atoms with E-state index in [1.807, 2.05) is 47.0 Å². The van der Waals surface area contributed by atoms with Crippen LogP contribution in [0.4, 0.5) is 5.95 Å². The number of carbonyl (C=O) groups is 1. The molecule has 0 atom stereocenters. The molecule has 156 valence electrons. The Morgan fingerprint density at radius 2 is 1.87 bits per heavy atom. The Morgan fingerprint density at radius 1 is 1.13 bits per heavy atom. The number of aromatic nitrogens is 2. The lowest BCUT2D eigenvalue weighted by Crippen LogP contribution is -2.32. The number of nitrogens with zero attached hydrogens (tertiary/aromatic N) is 3. The lowest BCUT2D eigenvalue weighted by Gasteiger charge is -2.18. The molecular formula is C21H21ClN4O3S. The Morgan fingerprint density at radius 3 is 2.53 bits per heavy atom. The van der Waals surface area contributed by atoms with E-state index in [4.69, 9.17) is 11.6 Å². The third kappa shape index (κ3) is 5.34. The number of nitrogens with one attached hydrogen (secondary N) is 1. The van der Waals surface area contributed by atoms with Crippen LogP contribution in [0.25, 0.3) is 0 Å². The number of halogens is 1. The van der Waals surface area contributed by atoms with Crippen LogP contribution in [0, 0.1) is 6.92 Å². The molecule has 2 aromatic carbocycles. The van der Waals surface area contributed by atoms with Crippen LogP contribution in [0.2, 0.25) is 5.02 Å². The Kier molecular flexibility index (Phi) is 6.69. The molecule has 9 heteroatoms. The zero-order valence-corrected chi connectivity index (χ0v) is 18.1. The van der Waals surface area contributed by atoms with E-state index < -0.39 is 15.9 Å². The van der Waals surface area contributed by atoms with Gasteiger partial charge in [-0.2, -0.15) is 0 Å². The number of carbonyl (C=O) groups excluding carboxylic acids is 1. The summed E-state index contributed by atoms with van der Waals surface area (Å²) in [4.78, 5) is 22.9. The predicted octanol–water partition coefficient (Wildman–Crippen LogP) is 3.24. The van der Waals surface area contributed by atoms with Gasteiger partial charge in [0.25, 0.3) is 15.9 Å². The van der Waals surface area contributed by atoms with E-state index in [-0.39, 0.29) is 15.5 Å². The molecule has 0 fully saturated rings. The number of hydrogen-bond donors (Lipinski definition) is 1. The first-order valence-electron chi connectivity index (χ1n) is 9.18. The Bertz CT molecular complexity index is 1150. The fourth-order valence-corrected chi connectivity index (χ4v) is 4.04. The van der Waals surface area contributed by atoms with Gasteiger partial charge in [0.2, 0.25) is 5.95 Å². The zero-order chi connectivity index (χ0) is 21.7. The lowest BCUT2D eigenvalue weighted by molar-refractivity contribution is 0.0980. The van der Waals surface area contributed by atoms with Gasteiger partial charge in [-0.3, -0.25) is 4.79 Å². The maximum absolute atomic E-state index is 12.5. The summed E-state index contributed by atoms with van der Waals surface area (Å²) in [7, 11) is -2.20. The Hall–Kier alpha value is -2.97. The van der Waals surface area contributed by atoms with Crippen molar-refractivity contribution in [2.24, 2.45) is 0 Å². The molecule has 0 bridgehead atoms. The zero-order valence-electron chi connectivity index (χ0n) is 16.5. The van der Waals surface area contributed by atoms with Crippen LogP contribution in [-0.2, 0) is 16.4 Å². The van der Waals surface area contributed by atoms with Gasteiger partial charge in [-0.15, -0.1) is 0 Å². The molecule has 0 saturated heterocycles. The van der Waals surface area contributed by atoms with Gasteiger partial charge in [0.15, 0.2) is 0 Å². The van der Waals surface area contributed by atoms with Crippen LogP contribution in [0.1, 0.15) is 21.6 Å². The van der Waals surface area contributed by atoms with Gasteiger partial charge in [-0.1, -0.05) is 48.0 Å². The van der Waals surface area contributed by atoms with Gasteiger partial charge in [-0.25, -0.2) is 23.1 Å². The van der Waals surface area contributed by atoms with E-state index in [1.54, 1.807) is 13.0 Å². The van der Waals surface area contributed by atoms with Crippen molar-refractivity contribution in [1.29, 1.82) is 0 Å². The van der Waals surface area contributed by atoms with Gasteiger partial charge in [0.1, 0.15) is 0 Å². The summed E-state index contributed by atoms with van der Waals surface area (Å²) < 4.78 is 26.9. The molecule has 7 nitrogen and oxygen atoms in total. The first kappa shape index (κ1) is 21.7. The molecule has 0 aliphatic carbocycles. The van der Waals surface area contributed by atoms with Gasteiger partial charge in [-0.05, 0) is 37.1 Å². The SMILES string of the molecule is Cc1nc(N(C)CCc2ccccc2)ncc1C(=O)NS(=O)(=O)c1cccc(Cl)c1. The molecule has 0 saturated carbocycles. The fraction of sp³-hybridized carbons (Fsp3) is 0.190. The molecule has 0 unspecified atom stereocenters. The molecular weight excluding hydrogens is 424 g/mol. The van der Waals surface area contributed by atoms with Crippen molar-refractivity contribution >= 4 is 33.5 Å². The minimum Gasteiger partial charge on any atom is -0.344 e. The number of likely N-dealkylation sites (N-methyl/N-ethyl adjacent to an activating group) is 1. The number of amides is 1. The van der Waals surface area contributed by atoms with Crippen molar-refractivity contribution < 1.29 is 13.2 Å². The van der Waals surface area contributed by atoms with Crippen LogP contribution in [0.3, 0.4) is 0 Å². The van der Waals surface area contributed by atoms with Crippen LogP contribution in [0.5, 0.6) is 0 Å². The summed E-state index contributed by atoms with van der Waals surface area (Å²) in [5.41, 5.74) is 1.66. The van der Waals surface area contributed by atoms with E-state index in [9.17, 15) is 13.2 Å². The molecule has 0 radical (unpaired) electrons. The maximum Gasteiger partial charge on any atom is 0.268 e. The van der Waals surface area contributed by atoms with E-state index in [0.29, 0.717) is 18.2 Å². The highest BCUT2D eigenvalue weighted by Crippen LogP contribution is 2.17. The molecule has 0 aliphatic heterocycles. The second-order valence-electron chi connectivity index (χ2n) is 6.72. The average molecular weight is 445 g/mol. The summed E-state index contributed by atoms with van der Waals surface area (Å²) in [6.07, 6.45) is 2.15. The van der Waals surface area contributed by atoms with Crippen molar-refractivity contribution in [3.05, 3.63) is 82.6 Å². The number of sulfonamides is 1. The molecule has 0 spiro atoms. The van der Waals surface area contributed by atoms with Crippen molar-refractivity contribution in [3.8, 4) is 0 Å². The third-order valence-corrected chi connectivity index (χ3v) is 6.03. The monoisotopic (exact) mass is 444 g/mol. The number of anilines is 1. The van der Waals surface area contributed by atoms with Crippen molar-refractivity contribution in [2.45, 2.75) is 18.2 Å². The molecule has 30 heavy (non-hydrogen) atoms. The number of rotatable bonds is 7. The summed E-state index contributed by atoms with van der Waals surface area (Å²) >= 11 is 5.84. The van der Waals surface area contributed by atoms with E-state index in [0.717, 1.165) is 6.42 Å². The van der Waals surface area contributed by atoms with E-state index >= 15 is 0 Å². The van der Waals surface area contributed by atoms with Gasteiger partial charge < -0.3 is 4.90 Å². The second-order valence-corrected chi connectivity index (χ2v) is 8.84.